The van der Waals surface area contributed by atoms with Crippen molar-refractivity contribution in [2.45, 2.75) is 19.5 Å². The lowest BCUT2D eigenvalue weighted by molar-refractivity contribution is -0.274. The molecule has 0 amide bonds. The molecule has 2 aromatic rings. The minimum absolute atomic E-state index is 0.151. The van der Waals surface area contributed by atoms with E-state index in [4.69, 9.17) is 10.5 Å². The lowest BCUT2D eigenvalue weighted by Gasteiger charge is -2.11. The number of benzene rings is 1. The Morgan fingerprint density at radius 3 is 2.67 bits per heavy atom. The summed E-state index contributed by atoms with van der Waals surface area (Å²) < 4.78 is 45.9. The van der Waals surface area contributed by atoms with Crippen LogP contribution in [0.4, 0.5) is 13.2 Å². The molecule has 0 aliphatic rings. The molecule has 0 spiro atoms. The van der Waals surface area contributed by atoms with Crippen LogP contribution in [-0.4, -0.2) is 11.3 Å². The zero-order valence-electron chi connectivity index (χ0n) is 10.5. The fourth-order valence-corrected chi connectivity index (χ4v) is 2.54. The molecule has 0 saturated heterocycles. The molecule has 1 aromatic heterocycles. The highest BCUT2D eigenvalue weighted by atomic mass is 79.9. The van der Waals surface area contributed by atoms with Gasteiger partial charge in [0.15, 0.2) is 0 Å². The summed E-state index contributed by atoms with van der Waals surface area (Å²) in [7, 11) is 0. The number of ether oxygens (including phenoxy) is 2. The number of thiazole rings is 1. The van der Waals surface area contributed by atoms with Gasteiger partial charge in [0.1, 0.15) is 23.1 Å². The maximum Gasteiger partial charge on any atom is 0.573 e. The second kappa shape index (κ2) is 6.63. The maximum atomic E-state index is 12.1. The normalized spacial score (nSPS) is 11.5. The van der Waals surface area contributed by atoms with E-state index in [2.05, 4.69) is 25.7 Å². The van der Waals surface area contributed by atoms with Gasteiger partial charge in [-0.15, -0.1) is 24.5 Å². The standard InChI is InChI=1S/C12H10BrF3N2O2S/c13-9-3-8(1-2-10(9)20-12(14,15)16)19-5-7-6-21-11(4-17)18-7/h1-3,6H,4-5,17H2. The third-order valence-corrected chi connectivity index (χ3v) is 3.83. The minimum atomic E-state index is -4.73. The number of alkyl halides is 3. The minimum Gasteiger partial charge on any atom is -0.487 e. The van der Waals surface area contributed by atoms with Crippen LogP contribution in [-0.2, 0) is 13.2 Å². The van der Waals surface area contributed by atoms with E-state index < -0.39 is 6.36 Å². The van der Waals surface area contributed by atoms with E-state index in [1.54, 1.807) is 0 Å². The van der Waals surface area contributed by atoms with Gasteiger partial charge < -0.3 is 15.2 Å². The van der Waals surface area contributed by atoms with Crippen LogP contribution in [0.5, 0.6) is 11.5 Å². The third kappa shape index (κ3) is 4.87. The van der Waals surface area contributed by atoms with Gasteiger partial charge in [0, 0.05) is 11.9 Å². The van der Waals surface area contributed by atoms with E-state index in [9.17, 15) is 13.2 Å². The van der Waals surface area contributed by atoms with Crippen molar-refractivity contribution in [2.75, 3.05) is 0 Å². The fourth-order valence-electron chi connectivity index (χ4n) is 1.45. The number of hydrogen-bond acceptors (Lipinski definition) is 5. The van der Waals surface area contributed by atoms with E-state index in [0.29, 0.717) is 18.0 Å². The summed E-state index contributed by atoms with van der Waals surface area (Å²) in [4.78, 5) is 4.22. The molecular formula is C12H10BrF3N2O2S. The van der Waals surface area contributed by atoms with Gasteiger partial charge in [-0.3, -0.25) is 0 Å². The molecule has 114 valence electrons. The van der Waals surface area contributed by atoms with Gasteiger partial charge in [-0.2, -0.15) is 0 Å². The Balaban J connectivity index is 1.99. The second-order valence-electron chi connectivity index (χ2n) is 3.87. The van der Waals surface area contributed by atoms with Crippen molar-refractivity contribution in [3.63, 3.8) is 0 Å². The van der Waals surface area contributed by atoms with Gasteiger partial charge >= 0.3 is 6.36 Å². The van der Waals surface area contributed by atoms with Crippen molar-refractivity contribution in [1.82, 2.24) is 4.98 Å². The van der Waals surface area contributed by atoms with Crippen LogP contribution >= 0.6 is 27.3 Å². The molecule has 0 unspecified atom stereocenters. The number of rotatable bonds is 5. The summed E-state index contributed by atoms with van der Waals surface area (Å²) >= 11 is 4.43. The molecule has 21 heavy (non-hydrogen) atoms. The van der Waals surface area contributed by atoms with Crippen LogP contribution < -0.4 is 15.2 Å². The van der Waals surface area contributed by atoms with Crippen molar-refractivity contribution in [3.8, 4) is 11.5 Å². The predicted octanol–water partition coefficient (Wildman–Crippen LogP) is 3.84. The average Bonchev–Trinajstić information content (AvgIpc) is 2.86. The largest absolute Gasteiger partial charge is 0.573 e. The van der Waals surface area contributed by atoms with Crippen LogP contribution in [0, 0.1) is 0 Å². The van der Waals surface area contributed by atoms with Gasteiger partial charge in [0.25, 0.3) is 0 Å². The molecule has 0 fully saturated rings. The average molecular weight is 383 g/mol. The van der Waals surface area contributed by atoms with Crippen molar-refractivity contribution in [1.29, 1.82) is 0 Å². The second-order valence-corrected chi connectivity index (χ2v) is 5.66. The van der Waals surface area contributed by atoms with Crippen LogP contribution in [0.3, 0.4) is 0 Å². The molecule has 1 aromatic carbocycles. The van der Waals surface area contributed by atoms with Crippen molar-refractivity contribution < 1.29 is 22.6 Å². The molecule has 4 nitrogen and oxygen atoms in total. The molecule has 2 N–H and O–H groups in total. The lowest BCUT2D eigenvalue weighted by atomic mass is 10.3. The summed E-state index contributed by atoms with van der Waals surface area (Å²) in [5.41, 5.74) is 6.17. The van der Waals surface area contributed by atoms with Crippen LogP contribution in [0.1, 0.15) is 10.7 Å². The number of halogens is 4. The third-order valence-electron chi connectivity index (χ3n) is 2.29. The summed E-state index contributed by atoms with van der Waals surface area (Å²) in [5, 5.41) is 2.61. The molecule has 1 heterocycles. The Kier molecular flexibility index (Phi) is 5.07. The Hall–Kier alpha value is -1.32. The van der Waals surface area contributed by atoms with E-state index in [1.807, 2.05) is 5.38 Å². The van der Waals surface area contributed by atoms with Crippen LogP contribution in [0.2, 0.25) is 0 Å². The summed E-state index contributed by atoms with van der Waals surface area (Å²) in [6.07, 6.45) is -4.73. The van der Waals surface area contributed by atoms with Gasteiger partial charge in [0.05, 0.1) is 10.2 Å². The quantitative estimate of drug-likeness (QED) is 0.853. The molecule has 0 bridgehead atoms. The molecule has 2 rings (SSSR count). The Morgan fingerprint density at radius 2 is 2.10 bits per heavy atom. The molecular weight excluding hydrogens is 373 g/mol. The Bertz CT molecular complexity index is 619. The molecule has 0 saturated carbocycles. The van der Waals surface area contributed by atoms with Crippen molar-refractivity contribution in [2.24, 2.45) is 5.73 Å². The zero-order chi connectivity index (χ0) is 15.5. The van der Waals surface area contributed by atoms with Gasteiger partial charge in [-0.25, -0.2) is 4.98 Å². The lowest BCUT2D eigenvalue weighted by Crippen LogP contribution is -2.17. The van der Waals surface area contributed by atoms with E-state index in [1.165, 1.54) is 29.5 Å². The molecule has 0 radical (unpaired) electrons. The topological polar surface area (TPSA) is 57.4 Å². The first kappa shape index (κ1) is 16.1. The number of aromatic nitrogens is 1. The molecule has 9 heteroatoms. The molecule has 0 aliphatic carbocycles. The van der Waals surface area contributed by atoms with Crippen molar-refractivity contribution >= 4 is 27.3 Å². The van der Waals surface area contributed by atoms with Crippen molar-refractivity contribution in [3.05, 3.63) is 38.8 Å². The first-order valence-electron chi connectivity index (χ1n) is 5.69. The fraction of sp³-hybridized carbons (Fsp3) is 0.250. The highest BCUT2D eigenvalue weighted by molar-refractivity contribution is 9.10. The highest BCUT2D eigenvalue weighted by Crippen LogP contribution is 2.33. The molecule has 0 aliphatic heterocycles. The highest BCUT2D eigenvalue weighted by Gasteiger charge is 2.31. The summed E-state index contributed by atoms with van der Waals surface area (Å²) in [5.74, 6) is 0.0765. The van der Waals surface area contributed by atoms with E-state index in [-0.39, 0.29) is 16.8 Å². The maximum absolute atomic E-state index is 12.1. The Labute approximate surface area is 130 Å². The van der Waals surface area contributed by atoms with Gasteiger partial charge in [0.2, 0.25) is 0 Å². The Morgan fingerprint density at radius 1 is 1.33 bits per heavy atom. The summed E-state index contributed by atoms with van der Waals surface area (Å²) in [6.45, 7) is 0.572. The monoisotopic (exact) mass is 382 g/mol. The SMILES string of the molecule is NCc1nc(COc2ccc(OC(F)(F)F)c(Br)c2)cs1. The first-order valence-corrected chi connectivity index (χ1v) is 7.36. The number of nitrogens with zero attached hydrogens (tertiary/aromatic N) is 1. The van der Waals surface area contributed by atoms with Crippen LogP contribution in [0.25, 0.3) is 0 Å². The number of hydrogen-bond donors (Lipinski definition) is 1. The number of nitrogens with two attached hydrogens (primary N) is 1. The van der Waals surface area contributed by atoms with Gasteiger partial charge in [-0.05, 0) is 34.1 Å². The van der Waals surface area contributed by atoms with Gasteiger partial charge in [-0.1, -0.05) is 0 Å². The summed E-state index contributed by atoms with van der Waals surface area (Å²) in [6, 6.07) is 3.97. The predicted molar refractivity (Wildman–Crippen MR) is 75.2 cm³/mol. The van der Waals surface area contributed by atoms with Crippen LogP contribution in [0.15, 0.2) is 28.1 Å². The van der Waals surface area contributed by atoms with E-state index in [0.717, 1.165) is 5.01 Å². The van der Waals surface area contributed by atoms with E-state index >= 15 is 0 Å². The smallest absolute Gasteiger partial charge is 0.487 e. The first-order chi connectivity index (χ1) is 9.87. The molecule has 0 atom stereocenters. The zero-order valence-corrected chi connectivity index (χ0v) is 12.9.